The molecule has 128 valence electrons. The number of carbonyl (C=O) groups excluding carboxylic acids is 1. The third kappa shape index (κ3) is 4.54. The van der Waals surface area contributed by atoms with Crippen molar-refractivity contribution in [3.63, 3.8) is 0 Å². The summed E-state index contributed by atoms with van der Waals surface area (Å²) in [5.74, 6) is -0.685. The molecule has 0 aromatic heterocycles. The third-order valence-corrected chi connectivity index (χ3v) is 3.81. The summed E-state index contributed by atoms with van der Waals surface area (Å²) in [6, 6.07) is 9.97. The number of benzene rings is 2. The summed E-state index contributed by atoms with van der Waals surface area (Å²) in [6.45, 7) is 0.683. The van der Waals surface area contributed by atoms with E-state index in [1.54, 1.807) is 37.4 Å². The van der Waals surface area contributed by atoms with Crippen LogP contribution in [0.2, 0.25) is 5.02 Å². The second-order valence-electron chi connectivity index (χ2n) is 5.25. The Bertz CT molecular complexity index is 721. The van der Waals surface area contributed by atoms with Crippen LogP contribution in [-0.2, 0) is 29.2 Å². The summed E-state index contributed by atoms with van der Waals surface area (Å²) in [4.78, 5) is 12.4. The van der Waals surface area contributed by atoms with Crippen molar-refractivity contribution in [2.24, 2.45) is 0 Å². The average Bonchev–Trinajstić information content (AvgIpc) is 2.55. The molecule has 1 amide bonds. The van der Waals surface area contributed by atoms with Gasteiger partial charge in [-0.15, -0.1) is 0 Å². The van der Waals surface area contributed by atoms with E-state index in [1.165, 1.54) is 13.2 Å². The molecule has 24 heavy (non-hydrogen) atoms. The maximum Gasteiger partial charge on any atom is 0.253 e. The van der Waals surface area contributed by atoms with Gasteiger partial charge < -0.3 is 14.8 Å². The Kier molecular flexibility index (Phi) is 6.73. The van der Waals surface area contributed by atoms with Gasteiger partial charge in [-0.2, -0.15) is 0 Å². The van der Waals surface area contributed by atoms with Crippen LogP contribution in [0.1, 0.15) is 27.0 Å². The molecule has 0 aliphatic heterocycles. The summed E-state index contributed by atoms with van der Waals surface area (Å²) in [5.41, 5.74) is 2.20. The molecular formula is C18H19ClFNO3. The molecule has 6 heteroatoms. The van der Waals surface area contributed by atoms with Gasteiger partial charge in [0.15, 0.2) is 0 Å². The summed E-state index contributed by atoms with van der Waals surface area (Å²) < 4.78 is 23.9. The molecular weight excluding hydrogens is 333 g/mol. The van der Waals surface area contributed by atoms with Gasteiger partial charge in [-0.1, -0.05) is 35.9 Å². The van der Waals surface area contributed by atoms with E-state index in [0.717, 1.165) is 0 Å². The smallest absolute Gasteiger partial charge is 0.253 e. The molecule has 0 heterocycles. The highest BCUT2D eigenvalue weighted by Crippen LogP contribution is 2.21. The number of hydrogen-bond acceptors (Lipinski definition) is 3. The van der Waals surface area contributed by atoms with Gasteiger partial charge >= 0.3 is 0 Å². The van der Waals surface area contributed by atoms with Crippen LogP contribution in [0, 0.1) is 5.82 Å². The molecule has 1 N–H and O–H groups in total. The largest absolute Gasteiger partial charge is 0.380 e. The van der Waals surface area contributed by atoms with E-state index in [1.807, 2.05) is 0 Å². The molecule has 0 bridgehead atoms. The van der Waals surface area contributed by atoms with Crippen molar-refractivity contribution in [3.8, 4) is 0 Å². The van der Waals surface area contributed by atoms with Crippen molar-refractivity contribution in [2.75, 3.05) is 14.2 Å². The lowest BCUT2D eigenvalue weighted by atomic mass is 10.1. The average molecular weight is 352 g/mol. The van der Waals surface area contributed by atoms with Gasteiger partial charge in [-0.05, 0) is 23.3 Å². The molecule has 2 aromatic rings. The van der Waals surface area contributed by atoms with Gasteiger partial charge in [-0.25, -0.2) is 4.39 Å². The summed E-state index contributed by atoms with van der Waals surface area (Å²) in [6.07, 6.45) is 0. The molecule has 0 atom stereocenters. The molecule has 2 rings (SSSR count). The van der Waals surface area contributed by atoms with Crippen LogP contribution in [0.3, 0.4) is 0 Å². The Labute approximate surface area is 145 Å². The van der Waals surface area contributed by atoms with Crippen molar-refractivity contribution in [1.29, 1.82) is 0 Å². The van der Waals surface area contributed by atoms with E-state index in [4.69, 9.17) is 21.1 Å². The number of hydrogen-bond donors (Lipinski definition) is 1. The monoisotopic (exact) mass is 351 g/mol. The molecule has 0 radical (unpaired) electrons. The molecule has 0 spiro atoms. The Morgan fingerprint density at radius 2 is 1.83 bits per heavy atom. The first-order chi connectivity index (χ1) is 11.6. The lowest BCUT2D eigenvalue weighted by molar-refractivity contribution is 0.0946. The lowest BCUT2D eigenvalue weighted by Gasteiger charge is -2.12. The van der Waals surface area contributed by atoms with Gasteiger partial charge in [0.1, 0.15) is 5.82 Å². The minimum absolute atomic E-state index is 0.195. The number of halogens is 2. The van der Waals surface area contributed by atoms with Gasteiger partial charge in [0.25, 0.3) is 5.91 Å². The number of nitrogens with one attached hydrogen (secondary N) is 1. The normalized spacial score (nSPS) is 10.7. The predicted octanol–water partition coefficient (Wildman–Crippen LogP) is 3.70. The molecule has 0 saturated carbocycles. The van der Waals surface area contributed by atoms with Crippen molar-refractivity contribution < 1.29 is 18.7 Å². The zero-order valence-electron chi connectivity index (χ0n) is 13.6. The van der Waals surface area contributed by atoms with Crippen molar-refractivity contribution in [3.05, 3.63) is 69.5 Å². The van der Waals surface area contributed by atoms with E-state index in [9.17, 15) is 9.18 Å². The predicted molar refractivity (Wildman–Crippen MR) is 90.4 cm³/mol. The fourth-order valence-electron chi connectivity index (χ4n) is 2.34. The topological polar surface area (TPSA) is 47.6 Å². The van der Waals surface area contributed by atoms with E-state index >= 15 is 0 Å². The number of methoxy groups -OCH3 is 2. The first-order valence-corrected chi connectivity index (χ1v) is 7.75. The zero-order valence-corrected chi connectivity index (χ0v) is 14.3. The van der Waals surface area contributed by atoms with Gasteiger partial charge in [-0.3, -0.25) is 4.79 Å². The van der Waals surface area contributed by atoms with E-state index in [2.05, 4.69) is 5.32 Å². The zero-order chi connectivity index (χ0) is 17.5. The van der Waals surface area contributed by atoms with Crippen LogP contribution < -0.4 is 5.32 Å². The van der Waals surface area contributed by atoms with Crippen LogP contribution in [-0.4, -0.2) is 20.1 Å². The lowest BCUT2D eigenvalue weighted by Crippen LogP contribution is -2.24. The summed E-state index contributed by atoms with van der Waals surface area (Å²) in [5, 5.41) is 3.11. The summed E-state index contributed by atoms with van der Waals surface area (Å²) in [7, 11) is 3.06. The molecule has 0 fully saturated rings. The fraction of sp³-hybridized carbons (Fsp3) is 0.278. The van der Waals surface area contributed by atoms with Crippen molar-refractivity contribution in [1.82, 2.24) is 5.32 Å². The maximum absolute atomic E-state index is 13.9. The Morgan fingerprint density at radius 3 is 2.50 bits per heavy atom. The molecule has 2 aromatic carbocycles. The van der Waals surface area contributed by atoms with E-state index in [-0.39, 0.29) is 31.5 Å². The highest BCUT2D eigenvalue weighted by molar-refractivity contribution is 6.34. The molecule has 0 unspecified atom stereocenters. The second-order valence-corrected chi connectivity index (χ2v) is 5.66. The van der Waals surface area contributed by atoms with Gasteiger partial charge in [0.2, 0.25) is 0 Å². The van der Waals surface area contributed by atoms with Crippen LogP contribution in [0.15, 0.2) is 36.4 Å². The SMILES string of the molecule is COCc1ccc(CNC(=O)c2c(Cl)cccc2COC)cc1F. The Hall–Kier alpha value is -1.95. The van der Waals surface area contributed by atoms with Crippen molar-refractivity contribution in [2.45, 2.75) is 19.8 Å². The minimum atomic E-state index is -0.360. The standard InChI is InChI=1S/C18H19ClFNO3/c1-23-10-13-7-6-12(8-16(13)20)9-21-18(22)17-14(11-24-2)4-3-5-15(17)19/h3-8H,9-11H2,1-2H3,(H,21,22). The first kappa shape index (κ1) is 18.4. The first-order valence-electron chi connectivity index (χ1n) is 7.37. The highest BCUT2D eigenvalue weighted by Gasteiger charge is 2.15. The fourth-order valence-corrected chi connectivity index (χ4v) is 2.62. The van der Waals surface area contributed by atoms with E-state index in [0.29, 0.717) is 27.3 Å². The van der Waals surface area contributed by atoms with Crippen LogP contribution in [0.5, 0.6) is 0 Å². The van der Waals surface area contributed by atoms with Crippen LogP contribution >= 0.6 is 11.6 Å². The quantitative estimate of drug-likeness (QED) is 0.827. The third-order valence-electron chi connectivity index (χ3n) is 3.50. The maximum atomic E-state index is 13.9. The van der Waals surface area contributed by atoms with Crippen LogP contribution in [0.4, 0.5) is 4.39 Å². The summed E-state index contributed by atoms with van der Waals surface area (Å²) >= 11 is 6.13. The van der Waals surface area contributed by atoms with Gasteiger partial charge in [0.05, 0.1) is 23.8 Å². The molecule has 0 saturated heterocycles. The van der Waals surface area contributed by atoms with Crippen LogP contribution in [0.25, 0.3) is 0 Å². The molecule has 4 nitrogen and oxygen atoms in total. The minimum Gasteiger partial charge on any atom is -0.380 e. The number of rotatable bonds is 7. The highest BCUT2D eigenvalue weighted by atomic mass is 35.5. The Morgan fingerprint density at radius 1 is 1.12 bits per heavy atom. The second kappa shape index (κ2) is 8.78. The number of amides is 1. The van der Waals surface area contributed by atoms with Crippen molar-refractivity contribution >= 4 is 17.5 Å². The number of ether oxygens (including phenoxy) is 2. The van der Waals surface area contributed by atoms with E-state index < -0.39 is 0 Å². The number of carbonyl (C=O) groups is 1. The Balaban J connectivity index is 2.10. The van der Waals surface area contributed by atoms with Gasteiger partial charge in [0, 0.05) is 26.3 Å². The molecule has 0 aliphatic carbocycles. The molecule has 0 aliphatic rings.